The van der Waals surface area contributed by atoms with Crippen molar-refractivity contribution < 1.29 is 9.53 Å². The summed E-state index contributed by atoms with van der Waals surface area (Å²) in [6.45, 7) is 14.0. The Labute approximate surface area is 82.0 Å². The van der Waals surface area contributed by atoms with Crippen molar-refractivity contribution in [1.82, 2.24) is 0 Å². The summed E-state index contributed by atoms with van der Waals surface area (Å²) < 4.78 is 5.18. The lowest BCUT2D eigenvalue weighted by molar-refractivity contribution is -0.142. The molecule has 1 unspecified atom stereocenters. The van der Waals surface area contributed by atoms with Crippen molar-refractivity contribution in [3.8, 4) is 0 Å². The highest BCUT2D eigenvalue weighted by Crippen LogP contribution is 2.14. The van der Waals surface area contributed by atoms with E-state index in [1.54, 1.807) is 0 Å². The minimum atomic E-state index is -1.57. The van der Waals surface area contributed by atoms with Crippen LogP contribution in [-0.4, -0.2) is 20.1 Å². The van der Waals surface area contributed by atoms with Gasteiger partial charge in [-0.2, -0.15) is 0 Å². The molecule has 0 aliphatic carbocycles. The lowest BCUT2D eigenvalue weighted by Crippen LogP contribution is -2.31. The van der Waals surface area contributed by atoms with Gasteiger partial charge in [0, 0.05) is 5.20 Å². The molecule has 0 fully saturated rings. The van der Waals surface area contributed by atoms with Crippen molar-refractivity contribution in [3.63, 3.8) is 0 Å². The van der Waals surface area contributed by atoms with Crippen LogP contribution in [0.5, 0.6) is 0 Å². The smallest absolute Gasteiger partial charge is 0.329 e. The van der Waals surface area contributed by atoms with Gasteiger partial charge in [0.25, 0.3) is 0 Å². The average molecular weight is 200 g/mol. The summed E-state index contributed by atoms with van der Waals surface area (Å²) in [4.78, 5) is 11.5. The Kier molecular flexibility index (Phi) is 4.40. The third-order valence-electron chi connectivity index (χ3n) is 2.03. The van der Waals surface area contributed by atoms with Gasteiger partial charge in [-0.3, -0.25) is 0 Å². The molecule has 0 heterocycles. The van der Waals surface area contributed by atoms with E-state index in [1.807, 2.05) is 13.8 Å². The van der Waals surface area contributed by atoms with Crippen LogP contribution in [0.25, 0.3) is 0 Å². The van der Waals surface area contributed by atoms with E-state index in [9.17, 15) is 4.79 Å². The van der Waals surface area contributed by atoms with Crippen molar-refractivity contribution in [2.24, 2.45) is 0 Å². The number of carbonyl (C=O) groups is 1. The molecular formula is C10H20O2Si. The number of carbonyl (C=O) groups excluding carboxylic acids is 1. The fourth-order valence-corrected chi connectivity index (χ4v) is 1.31. The van der Waals surface area contributed by atoms with E-state index in [2.05, 4.69) is 26.2 Å². The van der Waals surface area contributed by atoms with Gasteiger partial charge >= 0.3 is 5.97 Å². The first-order valence-corrected chi connectivity index (χ1v) is 8.19. The van der Waals surface area contributed by atoms with Crippen molar-refractivity contribution in [3.05, 3.63) is 11.8 Å². The summed E-state index contributed by atoms with van der Waals surface area (Å²) in [6.07, 6.45) is 0.852. The van der Waals surface area contributed by atoms with E-state index < -0.39 is 8.07 Å². The third-order valence-corrected chi connectivity index (χ3v) is 4.05. The Bertz CT molecular complexity index is 203. The highest BCUT2D eigenvalue weighted by atomic mass is 28.3. The van der Waals surface area contributed by atoms with Crippen molar-refractivity contribution >= 4 is 14.0 Å². The maximum atomic E-state index is 11.5. The monoisotopic (exact) mass is 200 g/mol. The molecule has 0 aromatic carbocycles. The van der Waals surface area contributed by atoms with Crippen LogP contribution in [-0.2, 0) is 9.53 Å². The van der Waals surface area contributed by atoms with Crippen LogP contribution in [0.1, 0.15) is 20.3 Å². The van der Waals surface area contributed by atoms with Crippen LogP contribution >= 0.6 is 0 Å². The minimum absolute atomic E-state index is 0.000556. The normalized spacial score (nSPS) is 13.6. The van der Waals surface area contributed by atoms with E-state index >= 15 is 0 Å². The van der Waals surface area contributed by atoms with Gasteiger partial charge < -0.3 is 4.74 Å². The van der Waals surface area contributed by atoms with E-state index in [1.165, 1.54) is 0 Å². The number of ether oxygens (including phenoxy) is 1. The molecule has 0 aliphatic heterocycles. The van der Waals surface area contributed by atoms with Crippen LogP contribution in [0.3, 0.4) is 0 Å². The first-order chi connectivity index (χ1) is 5.79. The standard InChI is InChI=1S/C10H20O2Si/c1-7-8(2)12-10(11)9(3)13(4,5)6/h8H,3,7H2,1-2,4-6H3. The average Bonchev–Trinajstić information content (AvgIpc) is 2.01. The maximum absolute atomic E-state index is 11.5. The second-order valence-corrected chi connectivity index (χ2v) is 9.46. The van der Waals surface area contributed by atoms with E-state index in [4.69, 9.17) is 4.74 Å². The molecule has 13 heavy (non-hydrogen) atoms. The van der Waals surface area contributed by atoms with Crippen molar-refractivity contribution in [2.75, 3.05) is 0 Å². The predicted molar refractivity (Wildman–Crippen MR) is 58.3 cm³/mol. The summed E-state index contributed by atoms with van der Waals surface area (Å²) in [5.41, 5.74) is 0. The SMILES string of the molecule is C=C(C(=O)OC(C)CC)[Si](C)(C)C. The lowest BCUT2D eigenvalue weighted by Gasteiger charge is -2.20. The molecular weight excluding hydrogens is 180 g/mol. The van der Waals surface area contributed by atoms with E-state index in [0.717, 1.165) is 6.42 Å². The Balaban J connectivity index is 4.21. The molecule has 0 aromatic heterocycles. The fraction of sp³-hybridized carbons (Fsp3) is 0.700. The van der Waals surface area contributed by atoms with Crippen LogP contribution in [0, 0.1) is 0 Å². The Morgan fingerprint density at radius 3 is 2.23 bits per heavy atom. The second-order valence-electron chi connectivity index (χ2n) is 4.35. The molecule has 76 valence electrons. The quantitative estimate of drug-likeness (QED) is 0.396. The molecule has 0 aliphatic rings. The molecule has 0 spiro atoms. The molecule has 0 bridgehead atoms. The number of esters is 1. The fourth-order valence-electron chi connectivity index (χ4n) is 0.643. The van der Waals surface area contributed by atoms with E-state index in [-0.39, 0.29) is 12.1 Å². The zero-order chi connectivity index (χ0) is 10.6. The van der Waals surface area contributed by atoms with Crippen LogP contribution < -0.4 is 0 Å². The van der Waals surface area contributed by atoms with Gasteiger partial charge in [0.1, 0.15) is 0 Å². The molecule has 0 saturated carbocycles. The summed E-state index contributed by atoms with van der Waals surface area (Å²) in [6, 6.07) is 0. The molecule has 0 aromatic rings. The van der Waals surface area contributed by atoms with Crippen LogP contribution in [0.2, 0.25) is 19.6 Å². The first-order valence-electron chi connectivity index (χ1n) is 4.69. The Morgan fingerprint density at radius 2 is 1.92 bits per heavy atom. The molecule has 0 N–H and O–H groups in total. The molecule has 3 heteroatoms. The van der Waals surface area contributed by atoms with Gasteiger partial charge in [-0.05, 0) is 13.3 Å². The summed E-state index contributed by atoms with van der Waals surface area (Å²) in [7, 11) is -1.57. The zero-order valence-corrected chi connectivity index (χ0v) is 10.3. The maximum Gasteiger partial charge on any atom is 0.329 e. The molecule has 0 radical (unpaired) electrons. The van der Waals surface area contributed by atoms with Gasteiger partial charge in [-0.15, -0.1) is 0 Å². The van der Waals surface area contributed by atoms with Gasteiger partial charge in [-0.1, -0.05) is 33.1 Å². The third kappa shape index (κ3) is 4.27. The van der Waals surface area contributed by atoms with Crippen LogP contribution in [0.4, 0.5) is 0 Å². The predicted octanol–water partition coefficient (Wildman–Crippen LogP) is 2.76. The van der Waals surface area contributed by atoms with Gasteiger partial charge in [0.05, 0.1) is 14.2 Å². The van der Waals surface area contributed by atoms with Gasteiger partial charge in [0.15, 0.2) is 0 Å². The highest BCUT2D eigenvalue weighted by Gasteiger charge is 2.25. The number of rotatable bonds is 4. The molecule has 0 saturated heterocycles. The van der Waals surface area contributed by atoms with E-state index in [0.29, 0.717) is 5.20 Å². The largest absolute Gasteiger partial charge is 0.460 e. The topological polar surface area (TPSA) is 26.3 Å². The Morgan fingerprint density at radius 1 is 1.46 bits per heavy atom. The second kappa shape index (κ2) is 4.60. The number of hydrogen-bond acceptors (Lipinski definition) is 2. The summed E-state index contributed by atoms with van der Waals surface area (Å²) >= 11 is 0. The minimum Gasteiger partial charge on any atom is -0.460 e. The molecule has 2 nitrogen and oxygen atoms in total. The molecule has 0 rings (SSSR count). The highest BCUT2D eigenvalue weighted by molar-refractivity contribution is 6.86. The Hall–Kier alpha value is -0.573. The molecule has 1 atom stereocenters. The van der Waals surface area contributed by atoms with Crippen molar-refractivity contribution in [1.29, 1.82) is 0 Å². The summed E-state index contributed by atoms with van der Waals surface area (Å²) in [5, 5.41) is 0.674. The molecule has 0 amide bonds. The summed E-state index contributed by atoms with van der Waals surface area (Å²) in [5.74, 6) is -0.214. The van der Waals surface area contributed by atoms with Crippen LogP contribution in [0.15, 0.2) is 11.8 Å². The number of hydrogen-bond donors (Lipinski definition) is 0. The van der Waals surface area contributed by atoms with Gasteiger partial charge in [-0.25, -0.2) is 4.79 Å². The van der Waals surface area contributed by atoms with Crippen molar-refractivity contribution in [2.45, 2.75) is 46.0 Å². The van der Waals surface area contributed by atoms with Gasteiger partial charge in [0.2, 0.25) is 0 Å². The lowest BCUT2D eigenvalue weighted by atomic mass is 10.3. The zero-order valence-electron chi connectivity index (χ0n) is 9.31. The first kappa shape index (κ1) is 12.4.